The quantitative estimate of drug-likeness (QED) is 0.825. The van der Waals surface area contributed by atoms with E-state index < -0.39 is 0 Å². The van der Waals surface area contributed by atoms with Crippen LogP contribution in [0.5, 0.6) is 0 Å². The van der Waals surface area contributed by atoms with Gasteiger partial charge in [0.15, 0.2) is 0 Å². The Morgan fingerprint density at radius 3 is 2.80 bits per heavy atom. The molecule has 1 aliphatic rings. The van der Waals surface area contributed by atoms with Crippen LogP contribution in [0.2, 0.25) is 0 Å². The van der Waals surface area contributed by atoms with Gasteiger partial charge in [0, 0.05) is 18.6 Å². The van der Waals surface area contributed by atoms with Crippen LogP contribution in [0.25, 0.3) is 0 Å². The molecule has 1 aromatic rings. The first-order valence-corrected chi connectivity index (χ1v) is 6.82. The summed E-state index contributed by atoms with van der Waals surface area (Å²) in [5.74, 6) is 0. The van der Waals surface area contributed by atoms with Crippen LogP contribution < -0.4 is 11.1 Å². The Morgan fingerprint density at radius 2 is 2.20 bits per heavy atom. The molecular weight excluding hydrogens is 204 g/mol. The summed E-state index contributed by atoms with van der Waals surface area (Å²) in [5, 5.41) is 8.02. The van der Waals surface area contributed by atoms with Gasteiger partial charge in [0.1, 0.15) is 0 Å². The van der Waals surface area contributed by atoms with Gasteiger partial charge >= 0.3 is 0 Å². The summed E-state index contributed by atoms with van der Waals surface area (Å²) in [5.41, 5.74) is 7.18. The normalized spacial score (nSPS) is 20.3. The van der Waals surface area contributed by atoms with E-state index in [1.807, 2.05) is 0 Å². The minimum Gasteiger partial charge on any atom is -0.329 e. The van der Waals surface area contributed by atoms with E-state index in [-0.39, 0.29) is 0 Å². The van der Waals surface area contributed by atoms with E-state index >= 15 is 0 Å². The van der Waals surface area contributed by atoms with Crippen LogP contribution >= 0.6 is 11.3 Å². The highest BCUT2D eigenvalue weighted by molar-refractivity contribution is 7.07. The number of nitrogens with two attached hydrogens (primary N) is 1. The van der Waals surface area contributed by atoms with Gasteiger partial charge < -0.3 is 11.1 Å². The molecule has 0 aromatic carbocycles. The molecule has 0 radical (unpaired) electrons. The van der Waals surface area contributed by atoms with E-state index in [9.17, 15) is 0 Å². The van der Waals surface area contributed by atoms with Gasteiger partial charge in [-0.05, 0) is 35.2 Å². The van der Waals surface area contributed by atoms with Gasteiger partial charge in [0.25, 0.3) is 0 Å². The van der Waals surface area contributed by atoms with Crippen molar-refractivity contribution in [2.45, 2.75) is 44.2 Å². The number of thiophene rings is 1. The first kappa shape index (κ1) is 11.1. The molecule has 1 aromatic heterocycles. The third-order valence-electron chi connectivity index (χ3n) is 3.22. The third-order valence-corrected chi connectivity index (χ3v) is 3.92. The zero-order valence-electron chi connectivity index (χ0n) is 9.11. The molecule has 1 heterocycles. The van der Waals surface area contributed by atoms with Gasteiger partial charge in [-0.25, -0.2) is 0 Å². The number of rotatable bonds is 4. The molecule has 0 bridgehead atoms. The summed E-state index contributed by atoms with van der Waals surface area (Å²) >= 11 is 1.75. The number of hydrogen-bond acceptors (Lipinski definition) is 3. The summed E-state index contributed by atoms with van der Waals surface area (Å²) in [6.07, 6.45) is 6.79. The van der Waals surface area contributed by atoms with Crippen LogP contribution in [0.15, 0.2) is 16.8 Å². The van der Waals surface area contributed by atoms with Crippen LogP contribution in [0.1, 0.15) is 43.7 Å². The maximum atomic E-state index is 5.82. The summed E-state index contributed by atoms with van der Waals surface area (Å²) in [4.78, 5) is 0. The second-order valence-corrected chi connectivity index (χ2v) is 5.13. The van der Waals surface area contributed by atoms with Gasteiger partial charge in [-0.1, -0.05) is 19.3 Å². The Morgan fingerprint density at radius 1 is 1.40 bits per heavy atom. The van der Waals surface area contributed by atoms with E-state index in [1.165, 1.54) is 37.7 Å². The maximum Gasteiger partial charge on any atom is 0.0454 e. The molecule has 2 nitrogen and oxygen atoms in total. The predicted molar refractivity (Wildman–Crippen MR) is 66.1 cm³/mol. The molecule has 1 atom stereocenters. The molecule has 0 amide bonds. The van der Waals surface area contributed by atoms with Gasteiger partial charge in [0.05, 0.1) is 0 Å². The third kappa shape index (κ3) is 3.03. The van der Waals surface area contributed by atoms with Crippen molar-refractivity contribution < 1.29 is 0 Å². The topological polar surface area (TPSA) is 38.0 Å². The molecule has 1 unspecified atom stereocenters. The second-order valence-electron chi connectivity index (χ2n) is 4.35. The van der Waals surface area contributed by atoms with Crippen molar-refractivity contribution in [3.8, 4) is 0 Å². The monoisotopic (exact) mass is 224 g/mol. The van der Waals surface area contributed by atoms with Crippen LogP contribution in [-0.4, -0.2) is 12.6 Å². The number of nitrogens with one attached hydrogen (secondary N) is 1. The van der Waals surface area contributed by atoms with Gasteiger partial charge in [0.2, 0.25) is 0 Å². The standard InChI is InChI=1S/C12H20N2S/c13-8-12(10-6-7-15-9-10)14-11-4-2-1-3-5-11/h6-7,9,11-12,14H,1-5,8,13H2. The zero-order chi connectivity index (χ0) is 10.5. The SMILES string of the molecule is NCC(NC1CCCCC1)c1ccsc1. The molecule has 1 fully saturated rings. The lowest BCUT2D eigenvalue weighted by Crippen LogP contribution is -2.37. The lowest BCUT2D eigenvalue weighted by molar-refractivity contribution is 0.341. The molecule has 0 spiro atoms. The van der Waals surface area contributed by atoms with E-state index in [0.717, 1.165) is 0 Å². The average Bonchev–Trinajstić information content (AvgIpc) is 2.81. The molecule has 0 aliphatic heterocycles. The summed E-state index contributed by atoms with van der Waals surface area (Å²) < 4.78 is 0. The van der Waals surface area contributed by atoms with Crippen molar-refractivity contribution >= 4 is 11.3 Å². The first-order chi connectivity index (χ1) is 7.40. The zero-order valence-corrected chi connectivity index (χ0v) is 9.93. The minimum absolute atomic E-state index is 0.361. The van der Waals surface area contributed by atoms with E-state index in [0.29, 0.717) is 18.6 Å². The molecule has 84 valence electrons. The first-order valence-electron chi connectivity index (χ1n) is 5.88. The van der Waals surface area contributed by atoms with Crippen molar-refractivity contribution in [2.24, 2.45) is 5.73 Å². The fourth-order valence-electron chi connectivity index (χ4n) is 2.33. The smallest absolute Gasteiger partial charge is 0.0454 e. The fourth-order valence-corrected chi connectivity index (χ4v) is 3.04. The number of hydrogen-bond donors (Lipinski definition) is 2. The lowest BCUT2D eigenvalue weighted by atomic mass is 9.94. The largest absolute Gasteiger partial charge is 0.329 e. The van der Waals surface area contributed by atoms with Crippen LogP contribution in [0, 0.1) is 0 Å². The predicted octanol–water partition coefficient (Wildman–Crippen LogP) is 2.67. The van der Waals surface area contributed by atoms with Crippen molar-refractivity contribution in [1.29, 1.82) is 0 Å². The fraction of sp³-hybridized carbons (Fsp3) is 0.667. The van der Waals surface area contributed by atoms with Crippen LogP contribution in [-0.2, 0) is 0 Å². The highest BCUT2D eigenvalue weighted by atomic mass is 32.1. The summed E-state index contributed by atoms with van der Waals surface area (Å²) in [6, 6.07) is 3.23. The van der Waals surface area contributed by atoms with Crippen molar-refractivity contribution in [3.05, 3.63) is 22.4 Å². The molecule has 15 heavy (non-hydrogen) atoms. The Kier molecular flexibility index (Phi) is 4.18. The van der Waals surface area contributed by atoms with Gasteiger partial charge in [-0.3, -0.25) is 0 Å². The van der Waals surface area contributed by atoms with E-state index in [4.69, 9.17) is 5.73 Å². The Labute approximate surface area is 95.9 Å². The van der Waals surface area contributed by atoms with Crippen molar-refractivity contribution in [3.63, 3.8) is 0 Å². The highest BCUT2D eigenvalue weighted by Crippen LogP contribution is 2.22. The van der Waals surface area contributed by atoms with Crippen LogP contribution in [0.3, 0.4) is 0 Å². The van der Waals surface area contributed by atoms with Crippen LogP contribution in [0.4, 0.5) is 0 Å². The molecule has 3 N–H and O–H groups in total. The maximum absolute atomic E-state index is 5.82. The molecular formula is C12H20N2S. The van der Waals surface area contributed by atoms with E-state index in [2.05, 4.69) is 22.1 Å². The molecule has 1 aliphatic carbocycles. The van der Waals surface area contributed by atoms with Crippen molar-refractivity contribution in [1.82, 2.24) is 5.32 Å². The Bertz CT molecular complexity index is 265. The highest BCUT2D eigenvalue weighted by Gasteiger charge is 2.18. The van der Waals surface area contributed by atoms with E-state index in [1.54, 1.807) is 11.3 Å². The molecule has 2 rings (SSSR count). The van der Waals surface area contributed by atoms with Gasteiger partial charge in [-0.2, -0.15) is 11.3 Å². The lowest BCUT2D eigenvalue weighted by Gasteiger charge is -2.27. The Hall–Kier alpha value is -0.380. The summed E-state index contributed by atoms with van der Waals surface area (Å²) in [6.45, 7) is 0.702. The Balaban J connectivity index is 1.90. The van der Waals surface area contributed by atoms with Gasteiger partial charge in [-0.15, -0.1) is 0 Å². The molecule has 3 heteroatoms. The second kappa shape index (κ2) is 5.64. The average molecular weight is 224 g/mol. The minimum atomic E-state index is 0.361. The molecule has 1 saturated carbocycles. The molecule has 0 saturated heterocycles. The van der Waals surface area contributed by atoms with Crippen molar-refractivity contribution in [2.75, 3.05) is 6.54 Å². The summed E-state index contributed by atoms with van der Waals surface area (Å²) in [7, 11) is 0.